The molecule has 19 heteroatoms. The summed E-state index contributed by atoms with van der Waals surface area (Å²) in [6.07, 6.45) is 87.5. The molecule has 0 bridgehead atoms. The van der Waals surface area contributed by atoms with Crippen molar-refractivity contribution in [3.05, 3.63) is 122 Å². The predicted molar refractivity (Wildman–Crippen MR) is 436 cm³/mol. The molecular formula is C87H150O17P2. The molecule has 0 aliphatic carbocycles. The van der Waals surface area contributed by atoms with Crippen LogP contribution in [-0.2, 0) is 65.4 Å². The lowest BCUT2D eigenvalue weighted by atomic mass is 10.0. The van der Waals surface area contributed by atoms with Gasteiger partial charge in [-0.15, -0.1) is 0 Å². The van der Waals surface area contributed by atoms with Gasteiger partial charge >= 0.3 is 39.5 Å². The Morgan fingerprint density at radius 3 is 0.849 bits per heavy atom. The summed E-state index contributed by atoms with van der Waals surface area (Å²) >= 11 is 0. The molecule has 0 amide bonds. The minimum Gasteiger partial charge on any atom is -0.462 e. The second-order valence-electron chi connectivity index (χ2n) is 27.7. The molecule has 0 heterocycles. The first-order valence-corrected chi connectivity index (χ1v) is 44.8. The maximum atomic E-state index is 13.1. The van der Waals surface area contributed by atoms with Gasteiger partial charge in [-0.05, 0) is 128 Å². The Labute approximate surface area is 644 Å². The standard InChI is InChI=1S/C87H150O17P2/c1-5-9-13-17-21-25-29-33-36-38-40-42-45-48-51-55-59-63-67-71-84(89)97-77-82(103-86(91)73-69-65-61-57-53-47-32-28-24-20-16-12-8-4)79-101-105(93,94)99-75-81(88)76-100-106(95,96)102-80-83(104-87(92)74-70-66-62-58-54-50-44-35-31-27-23-19-15-11-7-3)78-98-85(90)72-68-64-60-56-52-49-46-43-41-39-37-34-30-26-22-18-14-10-6-2/h9,13,21-22,25-26,28,32-34,36-37,40-43,48,51,59,63,81-83,88H,5-8,10-12,14-20,23-24,27,29-31,35,38-39,44-47,49-50,52-58,60-62,64-80H2,1-4H3,(H,93,94)(H,95,96)/b13-9-,25-21-,26-22-,32-28-,36-33-,37-34-,42-40-,43-41-,51-48-,63-59-. The third-order valence-electron chi connectivity index (χ3n) is 17.4. The third-order valence-corrected chi connectivity index (χ3v) is 19.3. The van der Waals surface area contributed by atoms with Crippen LogP contribution in [0.5, 0.6) is 0 Å². The summed E-state index contributed by atoms with van der Waals surface area (Å²) < 4.78 is 68.6. The van der Waals surface area contributed by atoms with E-state index in [0.29, 0.717) is 32.1 Å². The van der Waals surface area contributed by atoms with Gasteiger partial charge in [0, 0.05) is 25.7 Å². The van der Waals surface area contributed by atoms with Crippen LogP contribution in [-0.4, -0.2) is 96.7 Å². The van der Waals surface area contributed by atoms with E-state index in [4.69, 9.17) is 37.0 Å². The number of unbranched alkanes of at least 4 members (excludes halogenated alkanes) is 32. The van der Waals surface area contributed by atoms with Gasteiger partial charge in [0.25, 0.3) is 0 Å². The Bertz CT molecular complexity index is 2480. The van der Waals surface area contributed by atoms with Crippen molar-refractivity contribution < 1.29 is 80.2 Å². The SMILES string of the molecule is CC/C=C\C/C=C\C/C=C\C/C=C\C/C=C\C/C=C\CCC(=O)OCC(COP(=O)(O)OCC(O)COP(=O)(O)OCC(COC(=O)CCCCCCCC/C=C\C/C=C\C/C=C\CCCCC)OC(=O)CCCCCCCCCCCCCCCCC)OC(=O)CCCCCCC/C=C\CCCCCC. The van der Waals surface area contributed by atoms with Crippen LogP contribution in [0.3, 0.4) is 0 Å². The first kappa shape index (κ1) is 101. The predicted octanol–water partition coefficient (Wildman–Crippen LogP) is 24.7. The summed E-state index contributed by atoms with van der Waals surface area (Å²) in [5, 5.41) is 10.7. The topological polar surface area (TPSA) is 237 Å². The van der Waals surface area contributed by atoms with Crippen molar-refractivity contribution in [1.82, 2.24) is 0 Å². The highest BCUT2D eigenvalue weighted by atomic mass is 31.2. The number of esters is 4. The molecule has 17 nitrogen and oxygen atoms in total. The van der Waals surface area contributed by atoms with Crippen LogP contribution in [0.4, 0.5) is 0 Å². The number of phosphoric ester groups is 2. The van der Waals surface area contributed by atoms with E-state index in [2.05, 4.69) is 131 Å². The van der Waals surface area contributed by atoms with E-state index in [0.717, 1.165) is 154 Å². The van der Waals surface area contributed by atoms with Gasteiger partial charge in [0.1, 0.15) is 19.3 Å². The number of ether oxygens (including phenoxy) is 4. The summed E-state index contributed by atoms with van der Waals surface area (Å²) in [4.78, 5) is 73.1. The highest BCUT2D eigenvalue weighted by Crippen LogP contribution is 2.45. The van der Waals surface area contributed by atoms with Gasteiger partial charge in [0.2, 0.25) is 0 Å². The van der Waals surface area contributed by atoms with Crippen molar-refractivity contribution in [3.63, 3.8) is 0 Å². The van der Waals surface area contributed by atoms with Crippen molar-refractivity contribution >= 4 is 39.5 Å². The Hall–Kier alpha value is -4.54. The first-order valence-electron chi connectivity index (χ1n) is 41.8. The van der Waals surface area contributed by atoms with E-state index in [1.54, 1.807) is 0 Å². The average molecular weight is 1530 g/mol. The van der Waals surface area contributed by atoms with Crippen molar-refractivity contribution in [2.24, 2.45) is 0 Å². The minimum absolute atomic E-state index is 0.0334. The molecule has 0 aliphatic heterocycles. The number of allylic oxidation sites excluding steroid dienone is 20. The summed E-state index contributed by atoms with van der Waals surface area (Å²) in [5.74, 6) is -2.28. The van der Waals surface area contributed by atoms with E-state index in [9.17, 15) is 43.2 Å². The van der Waals surface area contributed by atoms with Gasteiger partial charge in [-0.3, -0.25) is 37.3 Å². The fourth-order valence-electron chi connectivity index (χ4n) is 11.1. The van der Waals surface area contributed by atoms with E-state index in [1.807, 2.05) is 18.2 Å². The number of carbonyl (C=O) groups excluding carboxylic acids is 4. The van der Waals surface area contributed by atoms with Crippen LogP contribution in [0.2, 0.25) is 0 Å². The molecule has 3 N–H and O–H groups in total. The minimum atomic E-state index is -5.00. The lowest BCUT2D eigenvalue weighted by molar-refractivity contribution is -0.161. The summed E-state index contributed by atoms with van der Waals surface area (Å²) in [7, 11) is -9.98. The van der Waals surface area contributed by atoms with Crippen molar-refractivity contribution in [2.75, 3.05) is 39.6 Å². The smallest absolute Gasteiger partial charge is 0.462 e. The zero-order valence-electron chi connectivity index (χ0n) is 66.8. The molecule has 0 fully saturated rings. The average Bonchev–Trinajstić information content (AvgIpc) is 0.901. The van der Waals surface area contributed by atoms with Crippen molar-refractivity contribution in [2.45, 2.75) is 367 Å². The van der Waals surface area contributed by atoms with Crippen LogP contribution in [0.25, 0.3) is 0 Å². The lowest BCUT2D eigenvalue weighted by Crippen LogP contribution is -2.30. The number of carbonyl (C=O) groups is 4. The zero-order chi connectivity index (χ0) is 77.4. The quantitative estimate of drug-likeness (QED) is 0.0169. The van der Waals surface area contributed by atoms with Gasteiger partial charge in [-0.1, -0.05) is 316 Å². The van der Waals surface area contributed by atoms with Gasteiger partial charge in [-0.25, -0.2) is 9.13 Å². The largest absolute Gasteiger partial charge is 0.472 e. The van der Waals surface area contributed by atoms with Gasteiger partial charge < -0.3 is 33.8 Å². The number of aliphatic hydroxyl groups excluding tert-OH is 1. The molecule has 610 valence electrons. The fraction of sp³-hybridized carbons (Fsp3) is 0.724. The molecule has 0 aromatic rings. The first-order chi connectivity index (χ1) is 51.7. The summed E-state index contributed by atoms with van der Waals surface area (Å²) in [5.41, 5.74) is 0. The zero-order valence-corrected chi connectivity index (χ0v) is 68.6. The molecule has 0 radical (unpaired) electrons. The molecule has 0 aliphatic rings. The maximum Gasteiger partial charge on any atom is 0.472 e. The molecule has 0 saturated carbocycles. The van der Waals surface area contributed by atoms with Crippen LogP contribution < -0.4 is 0 Å². The van der Waals surface area contributed by atoms with Gasteiger partial charge in [0.05, 0.1) is 26.4 Å². The molecule has 0 saturated heterocycles. The Balaban J connectivity index is 5.41. The molecular weight excluding hydrogens is 1380 g/mol. The summed E-state index contributed by atoms with van der Waals surface area (Å²) in [6.45, 7) is 4.66. The molecule has 5 unspecified atom stereocenters. The number of hydrogen-bond acceptors (Lipinski definition) is 15. The number of hydrogen-bond donors (Lipinski definition) is 3. The molecule has 0 spiro atoms. The monoisotopic (exact) mass is 1530 g/mol. The fourth-order valence-corrected chi connectivity index (χ4v) is 12.7. The van der Waals surface area contributed by atoms with Crippen LogP contribution in [0, 0.1) is 0 Å². The normalized spacial score (nSPS) is 14.4. The highest BCUT2D eigenvalue weighted by molar-refractivity contribution is 7.47. The Kier molecular flexibility index (Phi) is 75.2. The molecule has 5 atom stereocenters. The van der Waals surface area contributed by atoms with E-state index in [-0.39, 0.29) is 25.7 Å². The lowest BCUT2D eigenvalue weighted by Gasteiger charge is -2.21. The van der Waals surface area contributed by atoms with Crippen molar-refractivity contribution in [1.29, 1.82) is 0 Å². The second-order valence-corrected chi connectivity index (χ2v) is 30.6. The van der Waals surface area contributed by atoms with Crippen LogP contribution in [0.15, 0.2) is 122 Å². The van der Waals surface area contributed by atoms with E-state index < -0.39 is 97.5 Å². The van der Waals surface area contributed by atoms with Gasteiger partial charge in [0.15, 0.2) is 12.2 Å². The maximum absolute atomic E-state index is 13.1. The van der Waals surface area contributed by atoms with E-state index in [1.165, 1.54) is 109 Å². The van der Waals surface area contributed by atoms with Gasteiger partial charge in [-0.2, -0.15) is 0 Å². The van der Waals surface area contributed by atoms with Crippen molar-refractivity contribution in [3.8, 4) is 0 Å². The Morgan fingerprint density at radius 1 is 0.274 bits per heavy atom. The molecule has 0 aromatic heterocycles. The molecule has 0 rings (SSSR count). The van der Waals surface area contributed by atoms with E-state index >= 15 is 0 Å². The Morgan fingerprint density at radius 2 is 0.509 bits per heavy atom. The van der Waals surface area contributed by atoms with Crippen LogP contribution in [0.1, 0.15) is 349 Å². The second kappa shape index (κ2) is 78.6. The number of rotatable bonds is 78. The summed E-state index contributed by atoms with van der Waals surface area (Å²) in [6, 6.07) is 0. The third kappa shape index (κ3) is 77.6. The van der Waals surface area contributed by atoms with Crippen LogP contribution >= 0.6 is 15.6 Å². The number of aliphatic hydroxyl groups is 1. The molecule has 0 aromatic carbocycles. The number of phosphoric acid groups is 2. The molecule has 106 heavy (non-hydrogen) atoms. The highest BCUT2D eigenvalue weighted by Gasteiger charge is 2.30.